The van der Waals surface area contributed by atoms with Crippen molar-refractivity contribution in [3.63, 3.8) is 0 Å². The van der Waals surface area contributed by atoms with Crippen LogP contribution in [-0.4, -0.2) is 6.54 Å². The topological polar surface area (TPSA) is 21.3 Å². The molecular formula is C16H17BrClNOS. The smallest absolute Gasteiger partial charge is 0.135 e. The predicted octanol–water partition coefficient (Wildman–Crippen LogP) is 5.73. The summed E-state index contributed by atoms with van der Waals surface area (Å²) in [6.07, 6.45) is 2.11. The monoisotopic (exact) mass is 385 g/mol. The molecule has 0 amide bonds. The maximum absolute atomic E-state index is 6.19. The van der Waals surface area contributed by atoms with Crippen LogP contribution in [0.4, 0.5) is 0 Å². The fourth-order valence-electron chi connectivity index (χ4n) is 2.63. The third-order valence-corrected chi connectivity index (χ3v) is 6.20. The van der Waals surface area contributed by atoms with Crippen LogP contribution in [-0.2, 0) is 0 Å². The number of para-hydroxylation sites is 1. The van der Waals surface area contributed by atoms with Gasteiger partial charge in [-0.3, -0.25) is 0 Å². The number of thiophene rings is 1. The third-order valence-electron chi connectivity index (χ3n) is 3.64. The standard InChI is InChI=1S/C16H17BrClNOS/c1-2-7-19-12-9-14(15-8-11(17)16(18)21-15)20-13-6-4-3-5-10(12)13/h3-6,8,12,14,19H,2,7,9H2,1H3. The third kappa shape index (κ3) is 3.29. The van der Waals surface area contributed by atoms with Crippen LogP contribution >= 0.6 is 38.9 Å². The Morgan fingerprint density at radius 2 is 2.24 bits per heavy atom. The van der Waals surface area contributed by atoms with Crippen LogP contribution in [0.15, 0.2) is 34.8 Å². The quantitative estimate of drug-likeness (QED) is 0.724. The molecular weight excluding hydrogens is 370 g/mol. The van der Waals surface area contributed by atoms with E-state index in [1.165, 1.54) is 10.4 Å². The average molecular weight is 387 g/mol. The van der Waals surface area contributed by atoms with Gasteiger partial charge in [-0.15, -0.1) is 11.3 Å². The minimum Gasteiger partial charge on any atom is -0.484 e. The van der Waals surface area contributed by atoms with Crippen LogP contribution in [0.1, 0.15) is 42.4 Å². The summed E-state index contributed by atoms with van der Waals surface area (Å²) >= 11 is 11.2. The summed E-state index contributed by atoms with van der Waals surface area (Å²) in [5.74, 6) is 0.975. The van der Waals surface area contributed by atoms with Gasteiger partial charge in [-0.2, -0.15) is 0 Å². The second-order valence-corrected chi connectivity index (χ2v) is 7.70. The first-order valence-corrected chi connectivity index (χ1v) is 9.11. The molecule has 2 aromatic rings. The van der Waals surface area contributed by atoms with E-state index in [2.05, 4.69) is 46.4 Å². The van der Waals surface area contributed by atoms with Gasteiger partial charge in [0.05, 0.1) is 0 Å². The molecule has 0 saturated heterocycles. The van der Waals surface area contributed by atoms with Gasteiger partial charge in [-0.1, -0.05) is 36.7 Å². The van der Waals surface area contributed by atoms with Crippen molar-refractivity contribution in [1.29, 1.82) is 0 Å². The Morgan fingerprint density at radius 1 is 1.43 bits per heavy atom. The second-order valence-electron chi connectivity index (χ2n) is 5.16. The molecule has 1 aromatic heterocycles. The zero-order chi connectivity index (χ0) is 14.8. The Labute approximate surface area is 142 Å². The number of hydrogen-bond donors (Lipinski definition) is 1. The maximum Gasteiger partial charge on any atom is 0.135 e. The first-order chi connectivity index (χ1) is 10.2. The van der Waals surface area contributed by atoms with Crippen LogP contribution in [0, 0.1) is 0 Å². The number of ether oxygens (including phenoxy) is 1. The highest BCUT2D eigenvalue weighted by atomic mass is 79.9. The van der Waals surface area contributed by atoms with Crippen molar-refractivity contribution in [2.75, 3.05) is 6.54 Å². The highest BCUT2D eigenvalue weighted by Crippen LogP contribution is 2.44. The van der Waals surface area contributed by atoms with Crippen LogP contribution < -0.4 is 10.1 Å². The summed E-state index contributed by atoms with van der Waals surface area (Å²) in [6, 6.07) is 10.7. The summed E-state index contributed by atoms with van der Waals surface area (Å²) in [6.45, 7) is 3.20. The normalized spacial score (nSPS) is 20.9. The Hall–Kier alpha value is -0.550. The van der Waals surface area contributed by atoms with E-state index in [0.29, 0.717) is 6.04 Å². The van der Waals surface area contributed by atoms with Gasteiger partial charge in [0.25, 0.3) is 0 Å². The van der Waals surface area contributed by atoms with Crippen LogP contribution in [0.25, 0.3) is 0 Å². The highest BCUT2D eigenvalue weighted by Gasteiger charge is 2.30. The molecule has 0 spiro atoms. The first-order valence-electron chi connectivity index (χ1n) is 7.12. The Kier molecular flexibility index (Phi) is 4.89. The molecule has 2 nitrogen and oxygen atoms in total. The molecule has 0 bridgehead atoms. The first kappa shape index (κ1) is 15.3. The number of hydrogen-bond acceptors (Lipinski definition) is 3. The van der Waals surface area contributed by atoms with Crippen molar-refractivity contribution < 1.29 is 4.74 Å². The molecule has 0 saturated carbocycles. The van der Waals surface area contributed by atoms with Gasteiger partial charge < -0.3 is 10.1 Å². The average Bonchev–Trinajstić information content (AvgIpc) is 2.84. The Morgan fingerprint density at radius 3 is 2.95 bits per heavy atom. The number of fused-ring (bicyclic) bond motifs is 1. The highest BCUT2D eigenvalue weighted by molar-refractivity contribution is 9.10. The summed E-state index contributed by atoms with van der Waals surface area (Å²) in [4.78, 5) is 1.17. The fourth-order valence-corrected chi connectivity index (χ4v) is 4.40. The van der Waals surface area contributed by atoms with E-state index >= 15 is 0 Å². The number of nitrogens with one attached hydrogen (secondary N) is 1. The van der Waals surface area contributed by atoms with Gasteiger partial charge >= 0.3 is 0 Å². The molecule has 0 radical (unpaired) electrons. The summed E-state index contributed by atoms with van der Waals surface area (Å²) in [5.41, 5.74) is 1.25. The maximum atomic E-state index is 6.19. The second kappa shape index (κ2) is 6.69. The molecule has 0 aliphatic carbocycles. The van der Waals surface area contributed by atoms with E-state index in [9.17, 15) is 0 Å². The number of rotatable bonds is 4. The molecule has 2 unspecified atom stereocenters. The van der Waals surface area contributed by atoms with Crippen molar-refractivity contribution in [3.05, 3.63) is 49.6 Å². The molecule has 1 aliphatic rings. The van der Waals surface area contributed by atoms with E-state index in [1.807, 2.05) is 12.1 Å². The summed E-state index contributed by atoms with van der Waals surface area (Å²) < 4.78 is 7.92. The largest absolute Gasteiger partial charge is 0.484 e. The fraction of sp³-hybridized carbons (Fsp3) is 0.375. The zero-order valence-corrected chi connectivity index (χ0v) is 14.9. The lowest BCUT2D eigenvalue weighted by Crippen LogP contribution is -2.29. The molecule has 1 aliphatic heterocycles. The van der Waals surface area contributed by atoms with Crippen LogP contribution in [0.5, 0.6) is 5.75 Å². The van der Waals surface area contributed by atoms with Crippen molar-refractivity contribution >= 4 is 38.9 Å². The predicted molar refractivity (Wildman–Crippen MR) is 92.5 cm³/mol. The number of halogens is 2. The molecule has 3 rings (SSSR count). The van der Waals surface area contributed by atoms with Crippen molar-refractivity contribution in [2.24, 2.45) is 0 Å². The van der Waals surface area contributed by atoms with E-state index in [0.717, 1.165) is 33.9 Å². The van der Waals surface area contributed by atoms with Gasteiger partial charge in [0.2, 0.25) is 0 Å². The van der Waals surface area contributed by atoms with Gasteiger partial charge in [0.15, 0.2) is 0 Å². The minimum absolute atomic E-state index is 0.0584. The lowest BCUT2D eigenvalue weighted by Gasteiger charge is -2.32. The molecule has 21 heavy (non-hydrogen) atoms. The number of benzene rings is 1. The molecule has 0 fully saturated rings. The molecule has 1 aromatic carbocycles. The lowest BCUT2D eigenvalue weighted by atomic mass is 9.95. The van der Waals surface area contributed by atoms with Crippen molar-refractivity contribution in [1.82, 2.24) is 5.32 Å². The van der Waals surface area contributed by atoms with E-state index in [4.69, 9.17) is 16.3 Å². The van der Waals surface area contributed by atoms with Gasteiger partial charge in [0, 0.05) is 27.4 Å². The SMILES string of the molecule is CCCNC1CC(c2cc(Br)c(Cl)s2)Oc2ccccc21. The van der Waals surface area contributed by atoms with E-state index in [-0.39, 0.29) is 6.10 Å². The molecule has 5 heteroatoms. The van der Waals surface area contributed by atoms with Gasteiger partial charge in [-0.25, -0.2) is 0 Å². The van der Waals surface area contributed by atoms with Crippen LogP contribution in [0.2, 0.25) is 4.34 Å². The van der Waals surface area contributed by atoms with Crippen LogP contribution in [0.3, 0.4) is 0 Å². The van der Waals surface area contributed by atoms with Crippen molar-refractivity contribution in [2.45, 2.75) is 31.9 Å². The van der Waals surface area contributed by atoms with Crippen molar-refractivity contribution in [3.8, 4) is 5.75 Å². The Balaban J connectivity index is 1.89. The van der Waals surface area contributed by atoms with E-state index < -0.39 is 0 Å². The molecule has 112 valence electrons. The molecule has 1 N–H and O–H groups in total. The minimum atomic E-state index is 0.0584. The van der Waals surface area contributed by atoms with Gasteiger partial charge in [0.1, 0.15) is 16.2 Å². The lowest BCUT2D eigenvalue weighted by molar-refractivity contribution is 0.155. The van der Waals surface area contributed by atoms with Gasteiger partial charge in [-0.05, 0) is 41.0 Å². The molecule has 2 atom stereocenters. The Bertz CT molecular complexity index is 611. The molecule has 2 heterocycles. The summed E-state index contributed by atoms with van der Waals surface area (Å²) in [7, 11) is 0. The zero-order valence-electron chi connectivity index (χ0n) is 11.7. The summed E-state index contributed by atoms with van der Waals surface area (Å²) in [5, 5.41) is 3.63. The van der Waals surface area contributed by atoms with E-state index in [1.54, 1.807) is 11.3 Å².